The van der Waals surface area contributed by atoms with E-state index in [2.05, 4.69) is 5.32 Å². The fourth-order valence-electron chi connectivity index (χ4n) is 3.09. The summed E-state index contributed by atoms with van der Waals surface area (Å²) in [4.78, 5) is 37.4. The highest BCUT2D eigenvalue weighted by atomic mass is 32.2. The molecule has 30 heavy (non-hydrogen) atoms. The molecule has 8 nitrogen and oxygen atoms in total. The van der Waals surface area contributed by atoms with Crippen molar-refractivity contribution in [3.8, 4) is 0 Å². The van der Waals surface area contributed by atoms with Crippen molar-refractivity contribution in [2.24, 2.45) is 11.7 Å². The highest BCUT2D eigenvalue weighted by Crippen LogP contribution is 2.21. The monoisotopic (exact) mass is 457 g/mol. The first-order valence-electron chi connectivity index (χ1n) is 9.58. The summed E-state index contributed by atoms with van der Waals surface area (Å²) in [5.74, 6) is -2.55. The summed E-state index contributed by atoms with van der Waals surface area (Å²) in [6, 6.07) is 6.13. The second kappa shape index (κ2) is 13.5. The average molecular weight is 458 g/mol. The second-order valence-electron chi connectivity index (χ2n) is 6.67. The van der Waals surface area contributed by atoms with Crippen molar-refractivity contribution in [2.75, 3.05) is 18.6 Å². The zero-order valence-corrected chi connectivity index (χ0v) is 19.1. The molecule has 0 saturated heterocycles. The largest absolute Gasteiger partial charge is 0.772 e. The number of esters is 1. The lowest BCUT2D eigenvalue weighted by atomic mass is 9.90. The molecule has 0 saturated carbocycles. The van der Waals surface area contributed by atoms with Crippen LogP contribution in [0.1, 0.15) is 31.4 Å². The van der Waals surface area contributed by atoms with Crippen LogP contribution in [0.15, 0.2) is 24.3 Å². The topological polar surface area (TPSA) is 139 Å². The Kier molecular flexibility index (Phi) is 11.9. The molecular weight excluding hydrogens is 428 g/mol. The van der Waals surface area contributed by atoms with E-state index in [4.69, 9.17) is 10.5 Å². The standard InChI is InChI=1S/C20H30N2O6S2/c1-4-28-20(25)17(9-10-29-3)22-19(24)16(18(13(2)23)30(26)27)11-14-7-5-6-8-15(14)12-21/h5-8,16-18H,4,9-12,21H2,1-3H3,(H,22,24)(H,26,27)/p-1/t16-,17+,18?/m1/s1. The zero-order chi connectivity index (χ0) is 22.7. The fraction of sp³-hybridized carbons (Fsp3) is 0.550. The van der Waals surface area contributed by atoms with Crippen LogP contribution in [-0.2, 0) is 43.2 Å². The minimum Gasteiger partial charge on any atom is -0.772 e. The summed E-state index contributed by atoms with van der Waals surface area (Å²) in [5, 5.41) is 1.06. The van der Waals surface area contributed by atoms with Gasteiger partial charge in [-0.05, 0) is 60.9 Å². The summed E-state index contributed by atoms with van der Waals surface area (Å²) in [6.45, 7) is 3.14. The fourth-order valence-corrected chi connectivity index (χ4v) is 4.32. The third kappa shape index (κ3) is 7.82. The molecule has 0 aliphatic heterocycles. The lowest BCUT2D eigenvalue weighted by molar-refractivity contribution is -0.148. The number of benzene rings is 1. The normalized spacial score (nSPS) is 15.0. The molecule has 0 spiro atoms. The van der Waals surface area contributed by atoms with Gasteiger partial charge in [-0.1, -0.05) is 24.3 Å². The van der Waals surface area contributed by atoms with Crippen molar-refractivity contribution >= 4 is 40.5 Å². The summed E-state index contributed by atoms with van der Waals surface area (Å²) in [6.07, 6.45) is 2.18. The van der Waals surface area contributed by atoms with E-state index in [-0.39, 0.29) is 19.6 Å². The summed E-state index contributed by atoms with van der Waals surface area (Å²) in [7, 11) is 0. The minimum atomic E-state index is -2.81. The summed E-state index contributed by atoms with van der Waals surface area (Å²) in [5.41, 5.74) is 7.18. The molecule has 1 amide bonds. The lowest BCUT2D eigenvalue weighted by Gasteiger charge is -2.28. The Morgan fingerprint density at radius 3 is 2.40 bits per heavy atom. The first-order valence-corrected chi connectivity index (χ1v) is 12.1. The number of rotatable bonds is 13. The average Bonchev–Trinajstić information content (AvgIpc) is 2.70. The number of thioether (sulfide) groups is 1. The third-order valence-electron chi connectivity index (χ3n) is 4.59. The molecule has 1 aromatic carbocycles. The number of ketones is 1. The molecule has 0 fully saturated rings. The van der Waals surface area contributed by atoms with Crippen LogP contribution in [0.4, 0.5) is 0 Å². The zero-order valence-electron chi connectivity index (χ0n) is 17.4. The smallest absolute Gasteiger partial charge is 0.328 e. The maximum absolute atomic E-state index is 13.1. The molecule has 0 aliphatic carbocycles. The lowest BCUT2D eigenvalue weighted by Crippen LogP contribution is -2.50. The number of carbonyl (C=O) groups is 3. The van der Waals surface area contributed by atoms with Gasteiger partial charge in [0.1, 0.15) is 11.8 Å². The van der Waals surface area contributed by atoms with E-state index >= 15 is 0 Å². The molecule has 168 valence electrons. The number of nitrogens with one attached hydrogen (secondary N) is 1. The van der Waals surface area contributed by atoms with E-state index in [1.165, 1.54) is 11.8 Å². The van der Waals surface area contributed by atoms with Crippen LogP contribution < -0.4 is 11.1 Å². The van der Waals surface area contributed by atoms with E-state index in [1.807, 2.05) is 6.26 Å². The van der Waals surface area contributed by atoms with Gasteiger partial charge in [0.15, 0.2) is 0 Å². The van der Waals surface area contributed by atoms with Gasteiger partial charge in [0, 0.05) is 6.54 Å². The van der Waals surface area contributed by atoms with Crippen LogP contribution in [0, 0.1) is 5.92 Å². The highest BCUT2D eigenvalue weighted by Gasteiger charge is 2.35. The second-order valence-corrected chi connectivity index (χ2v) is 8.68. The van der Waals surface area contributed by atoms with Crippen LogP contribution in [-0.4, -0.2) is 56.3 Å². The van der Waals surface area contributed by atoms with Crippen LogP contribution in [0.3, 0.4) is 0 Å². The Bertz CT molecular complexity index is 745. The van der Waals surface area contributed by atoms with Gasteiger partial charge >= 0.3 is 5.97 Å². The Labute approximate surface area is 184 Å². The number of nitrogens with two attached hydrogens (primary N) is 1. The third-order valence-corrected chi connectivity index (χ3v) is 6.31. The quantitative estimate of drug-likeness (QED) is 0.330. The van der Waals surface area contributed by atoms with Crippen LogP contribution >= 0.6 is 11.8 Å². The molecule has 1 rings (SSSR count). The van der Waals surface area contributed by atoms with E-state index in [0.717, 1.165) is 12.5 Å². The van der Waals surface area contributed by atoms with E-state index in [9.17, 15) is 23.1 Å². The van der Waals surface area contributed by atoms with Gasteiger partial charge < -0.3 is 20.3 Å². The molecule has 4 atom stereocenters. The molecular formula is C20H29N2O6S2-. The Hall–Kier alpha value is -1.75. The van der Waals surface area contributed by atoms with E-state index in [0.29, 0.717) is 17.7 Å². The number of hydrogen-bond donors (Lipinski definition) is 2. The predicted octanol–water partition coefficient (Wildman–Crippen LogP) is 0.942. The van der Waals surface area contributed by atoms with Gasteiger partial charge in [-0.25, -0.2) is 4.79 Å². The van der Waals surface area contributed by atoms with Crippen molar-refractivity contribution in [3.05, 3.63) is 35.4 Å². The minimum absolute atomic E-state index is 0.00446. The van der Waals surface area contributed by atoms with E-state index < -0.39 is 45.9 Å². The first kappa shape index (κ1) is 26.3. The Morgan fingerprint density at radius 2 is 1.90 bits per heavy atom. The molecule has 0 aromatic heterocycles. The number of hydrogen-bond acceptors (Lipinski definition) is 8. The highest BCUT2D eigenvalue weighted by molar-refractivity contribution is 7.98. The maximum atomic E-state index is 13.1. The van der Waals surface area contributed by atoms with Crippen molar-refractivity contribution in [1.29, 1.82) is 0 Å². The Balaban J connectivity index is 3.24. The van der Waals surface area contributed by atoms with Gasteiger partial charge in [0.25, 0.3) is 0 Å². The van der Waals surface area contributed by atoms with Crippen molar-refractivity contribution in [1.82, 2.24) is 5.32 Å². The van der Waals surface area contributed by atoms with Gasteiger partial charge in [-0.15, -0.1) is 0 Å². The SMILES string of the molecule is CCOC(=O)[C@H](CCSC)NC(=O)[C@H](Cc1ccccc1CN)C(C(C)=O)S(=O)[O-]. The van der Waals surface area contributed by atoms with Gasteiger partial charge in [-0.2, -0.15) is 11.8 Å². The van der Waals surface area contributed by atoms with Crippen molar-refractivity contribution in [2.45, 2.75) is 44.5 Å². The number of ether oxygens (including phenoxy) is 1. The molecule has 10 heteroatoms. The van der Waals surface area contributed by atoms with Crippen LogP contribution in [0.5, 0.6) is 0 Å². The van der Waals surface area contributed by atoms with E-state index in [1.54, 1.807) is 31.2 Å². The molecule has 3 N–H and O–H groups in total. The van der Waals surface area contributed by atoms with Crippen molar-refractivity contribution in [3.63, 3.8) is 0 Å². The molecule has 1 aromatic rings. The Morgan fingerprint density at radius 1 is 1.27 bits per heavy atom. The number of carbonyl (C=O) groups excluding carboxylic acids is 3. The summed E-state index contributed by atoms with van der Waals surface area (Å²) >= 11 is -1.31. The van der Waals surface area contributed by atoms with Crippen molar-refractivity contribution < 1.29 is 27.9 Å². The molecule has 0 heterocycles. The van der Waals surface area contributed by atoms with Gasteiger partial charge in [0.05, 0.1) is 17.8 Å². The number of Topliss-reactive ketones (excluding diaryl/α,β-unsaturated/α-hetero) is 1. The maximum Gasteiger partial charge on any atom is 0.328 e. The first-order chi connectivity index (χ1) is 14.3. The summed E-state index contributed by atoms with van der Waals surface area (Å²) < 4.78 is 28.6. The van der Waals surface area contributed by atoms with Gasteiger partial charge in [0.2, 0.25) is 5.91 Å². The molecule has 0 radical (unpaired) electrons. The molecule has 2 unspecified atom stereocenters. The van der Waals surface area contributed by atoms with Gasteiger partial charge in [-0.3, -0.25) is 13.8 Å². The predicted molar refractivity (Wildman–Crippen MR) is 116 cm³/mol. The van der Waals surface area contributed by atoms with Crippen LogP contribution in [0.2, 0.25) is 0 Å². The number of amides is 1. The molecule has 0 aliphatic rings. The van der Waals surface area contributed by atoms with Crippen LogP contribution in [0.25, 0.3) is 0 Å². The molecule has 0 bridgehead atoms.